The molecule has 0 aliphatic carbocycles. The third-order valence-electron chi connectivity index (χ3n) is 6.17. The number of likely N-dealkylation sites (tertiary alicyclic amines) is 1. The average molecular weight is 529 g/mol. The molecule has 1 aliphatic heterocycles. The van der Waals surface area contributed by atoms with E-state index >= 15 is 0 Å². The molecule has 0 bridgehead atoms. The van der Waals surface area contributed by atoms with Crippen LogP contribution in [0.25, 0.3) is 5.76 Å². The predicted molar refractivity (Wildman–Crippen MR) is 138 cm³/mol. The van der Waals surface area contributed by atoms with Gasteiger partial charge in [-0.05, 0) is 49.3 Å². The van der Waals surface area contributed by atoms with Gasteiger partial charge in [0.2, 0.25) is 0 Å². The first-order valence-corrected chi connectivity index (χ1v) is 12.7. The van der Waals surface area contributed by atoms with Crippen LogP contribution in [0.1, 0.15) is 50.8 Å². The van der Waals surface area contributed by atoms with Gasteiger partial charge in [0.25, 0.3) is 11.7 Å². The van der Waals surface area contributed by atoms with Gasteiger partial charge in [-0.25, -0.2) is 0 Å². The van der Waals surface area contributed by atoms with E-state index in [2.05, 4.69) is 41.6 Å². The summed E-state index contributed by atoms with van der Waals surface area (Å²) < 4.78 is 6.64. The highest BCUT2D eigenvalue weighted by Crippen LogP contribution is 2.39. The van der Waals surface area contributed by atoms with Gasteiger partial charge in [-0.2, -0.15) is 0 Å². The van der Waals surface area contributed by atoms with E-state index in [1.807, 2.05) is 24.3 Å². The lowest BCUT2D eigenvalue weighted by molar-refractivity contribution is -0.140. The van der Waals surface area contributed by atoms with Crippen molar-refractivity contribution in [1.82, 2.24) is 9.80 Å². The lowest BCUT2D eigenvalue weighted by Crippen LogP contribution is -2.38. The molecule has 1 amide bonds. The summed E-state index contributed by atoms with van der Waals surface area (Å²) in [5, 5.41) is 11.1. The number of aliphatic hydroxyl groups excluding tert-OH is 1. The van der Waals surface area contributed by atoms with Crippen LogP contribution in [0.3, 0.4) is 0 Å². The van der Waals surface area contributed by atoms with Gasteiger partial charge >= 0.3 is 0 Å². The summed E-state index contributed by atoms with van der Waals surface area (Å²) in [5.74, 6) is -0.665. The minimum absolute atomic E-state index is 0.117. The maximum Gasteiger partial charge on any atom is 0.295 e. The molecule has 2 aromatic rings. The van der Waals surface area contributed by atoms with Crippen LogP contribution in [0.2, 0.25) is 0 Å². The second-order valence-corrected chi connectivity index (χ2v) is 9.21. The first-order valence-electron chi connectivity index (χ1n) is 11.9. The largest absolute Gasteiger partial charge is 0.507 e. The summed E-state index contributed by atoms with van der Waals surface area (Å²) in [6.07, 6.45) is 2.02. The summed E-state index contributed by atoms with van der Waals surface area (Å²) in [6.45, 7) is 9.64. The Balaban J connectivity index is 2.01. The standard InChI is InChI=1S/C27H33BrN2O4/c1-4-7-18-34-22-14-10-19(11-15-22)24-23(25(31)20-8-12-21(28)13-9-20)26(32)27(33)30(24)17-16-29(5-2)6-3/h8-15,24,31H,4-7,16-18H2,1-3H3/b25-23+. The van der Waals surface area contributed by atoms with Crippen molar-refractivity contribution in [1.29, 1.82) is 0 Å². The number of carbonyl (C=O) groups excluding carboxylic acids is 2. The number of amides is 1. The van der Waals surface area contributed by atoms with E-state index in [9.17, 15) is 14.7 Å². The Morgan fingerprint density at radius 2 is 1.68 bits per heavy atom. The second kappa shape index (κ2) is 12.2. The second-order valence-electron chi connectivity index (χ2n) is 8.30. The topological polar surface area (TPSA) is 70.1 Å². The highest BCUT2D eigenvalue weighted by atomic mass is 79.9. The van der Waals surface area contributed by atoms with Gasteiger partial charge in [-0.3, -0.25) is 9.59 Å². The van der Waals surface area contributed by atoms with Crippen molar-refractivity contribution < 1.29 is 19.4 Å². The van der Waals surface area contributed by atoms with E-state index in [0.29, 0.717) is 25.3 Å². The Morgan fingerprint density at radius 1 is 1.03 bits per heavy atom. The number of unbranched alkanes of at least 4 members (excludes halogenated alkanes) is 1. The van der Waals surface area contributed by atoms with Crippen molar-refractivity contribution in [2.24, 2.45) is 0 Å². The van der Waals surface area contributed by atoms with E-state index in [-0.39, 0.29) is 11.3 Å². The van der Waals surface area contributed by atoms with Gasteiger partial charge in [0, 0.05) is 23.1 Å². The molecule has 182 valence electrons. The molecule has 7 heteroatoms. The fraction of sp³-hybridized carbons (Fsp3) is 0.407. The van der Waals surface area contributed by atoms with Crippen LogP contribution in [-0.2, 0) is 9.59 Å². The Morgan fingerprint density at radius 3 is 2.26 bits per heavy atom. The van der Waals surface area contributed by atoms with E-state index < -0.39 is 17.7 Å². The van der Waals surface area contributed by atoms with Crippen molar-refractivity contribution in [3.8, 4) is 5.75 Å². The fourth-order valence-electron chi connectivity index (χ4n) is 4.09. The number of Topliss-reactive ketones (excluding diaryl/α,β-unsaturated/α-hetero) is 1. The molecule has 1 fully saturated rings. The number of nitrogens with zero attached hydrogens (tertiary/aromatic N) is 2. The first kappa shape index (κ1) is 26.0. The molecule has 1 N–H and O–H groups in total. The summed E-state index contributed by atoms with van der Waals surface area (Å²) in [7, 11) is 0. The van der Waals surface area contributed by atoms with E-state index in [4.69, 9.17) is 4.74 Å². The van der Waals surface area contributed by atoms with Crippen LogP contribution in [0.15, 0.2) is 58.6 Å². The molecule has 1 aliphatic rings. The Bertz CT molecular complexity index is 1010. The van der Waals surface area contributed by atoms with Crippen molar-refractivity contribution in [2.75, 3.05) is 32.8 Å². The van der Waals surface area contributed by atoms with Gasteiger partial charge in [-0.1, -0.05) is 67.4 Å². The molecule has 3 rings (SSSR count). The molecule has 1 atom stereocenters. The zero-order chi connectivity index (χ0) is 24.7. The van der Waals surface area contributed by atoms with Crippen molar-refractivity contribution in [2.45, 2.75) is 39.7 Å². The number of aliphatic hydroxyl groups is 1. The van der Waals surface area contributed by atoms with Crippen LogP contribution >= 0.6 is 15.9 Å². The van der Waals surface area contributed by atoms with Gasteiger partial charge in [0.15, 0.2) is 0 Å². The van der Waals surface area contributed by atoms with Crippen molar-refractivity contribution >= 4 is 33.4 Å². The maximum atomic E-state index is 13.1. The number of hydrogen-bond acceptors (Lipinski definition) is 5. The van der Waals surface area contributed by atoms with Gasteiger partial charge in [0.1, 0.15) is 11.5 Å². The molecule has 1 saturated heterocycles. The molecule has 2 aromatic carbocycles. The number of likely N-dealkylation sites (N-methyl/N-ethyl adjacent to an activating group) is 1. The van der Waals surface area contributed by atoms with Crippen LogP contribution < -0.4 is 4.74 Å². The summed E-state index contributed by atoms with van der Waals surface area (Å²) >= 11 is 3.39. The number of benzene rings is 2. The number of hydrogen-bond donors (Lipinski definition) is 1. The number of carbonyl (C=O) groups is 2. The van der Waals surface area contributed by atoms with Gasteiger partial charge in [0.05, 0.1) is 18.2 Å². The van der Waals surface area contributed by atoms with Gasteiger partial charge < -0.3 is 19.6 Å². The normalized spacial score (nSPS) is 17.6. The van der Waals surface area contributed by atoms with Crippen LogP contribution in [-0.4, -0.2) is 59.4 Å². The Labute approximate surface area is 210 Å². The minimum atomic E-state index is -0.663. The molecular weight excluding hydrogens is 496 g/mol. The van der Waals surface area contributed by atoms with E-state index in [0.717, 1.165) is 41.7 Å². The molecule has 1 unspecified atom stereocenters. The Kier molecular flexibility index (Phi) is 9.30. The van der Waals surface area contributed by atoms with Crippen molar-refractivity contribution in [3.63, 3.8) is 0 Å². The molecule has 0 spiro atoms. The van der Waals surface area contributed by atoms with Crippen LogP contribution in [0, 0.1) is 0 Å². The predicted octanol–water partition coefficient (Wildman–Crippen LogP) is 5.39. The monoisotopic (exact) mass is 528 g/mol. The molecule has 0 radical (unpaired) electrons. The van der Waals surface area contributed by atoms with Crippen LogP contribution in [0.5, 0.6) is 5.75 Å². The highest BCUT2D eigenvalue weighted by molar-refractivity contribution is 9.10. The molecule has 0 aromatic heterocycles. The smallest absolute Gasteiger partial charge is 0.295 e. The number of ketones is 1. The quantitative estimate of drug-likeness (QED) is 0.183. The molecular formula is C27H33BrN2O4. The lowest BCUT2D eigenvalue weighted by Gasteiger charge is -2.28. The lowest BCUT2D eigenvalue weighted by atomic mass is 9.95. The van der Waals surface area contributed by atoms with E-state index in [1.54, 1.807) is 29.2 Å². The number of rotatable bonds is 11. The number of ether oxygens (including phenoxy) is 1. The summed E-state index contributed by atoms with van der Waals surface area (Å²) in [4.78, 5) is 30.0. The first-order chi connectivity index (χ1) is 16.4. The van der Waals surface area contributed by atoms with Crippen LogP contribution in [0.4, 0.5) is 0 Å². The summed E-state index contributed by atoms with van der Waals surface area (Å²) in [6, 6.07) is 13.8. The zero-order valence-electron chi connectivity index (χ0n) is 20.1. The third-order valence-corrected chi connectivity index (χ3v) is 6.70. The SMILES string of the molecule is CCCCOc1ccc(C2/C(=C(\O)c3ccc(Br)cc3)C(=O)C(=O)N2CCN(CC)CC)cc1. The maximum absolute atomic E-state index is 13.1. The minimum Gasteiger partial charge on any atom is -0.507 e. The molecule has 1 heterocycles. The van der Waals surface area contributed by atoms with Gasteiger partial charge in [-0.15, -0.1) is 0 Å². The average Bonchev–Trinajstić information content (AvgIpc) is 3.10. The van der Waals surface area contributed by atoms with E-state index in [1.165, 1.54) is 0 Å². The third kappa shape index (κ3) is 5.88. The number of halogens is 1. The summed E-state index contributed by atoms with van der Waals surface area (Å²) in [5.41, 5.74) is 1.38. The fourth-order valence-corrected chi connectivity index (χ4v) is 4.35. The zero-order valence-corrected chi connectivity index (χ0v) is 21.7. The molecule has 0 saturated carbocycles. The Hall–Kier alpha value is -2.64. The molecule has 6 nitrogen and oxygen atoms in total. The highest BCUT2D eigenvalue weighted by Gasteiger charge is 2.45. The molecule has 34 heavy (non-hydrogen) atoms. The van der Waals surface area contributed by atoms with Crippen molar-refractivity contribution in [3.05, 3.63) is 69.7 Å².